The molecule has 16 heavy (non-hydrogen) atoms. The van der Waals surface area contributed by atoms with Crippen molar-refractivity contribution in [2.75, 3.05) is 7.05 Å². The van der Waals surface area contributed by atoms with Gasteiger partial charge in [-0.15, -0.1) is 0 Å². The van der Waals surface area contributed by atoms with Crippen molar-refractivity contribution in [2.45, 2.75) is 11.8 Å². The van der Waals surface area contributed by atoms with E-state index >= 15 is 0 Å². The summed E-state index contributed by atoms with van der Waals surface area (Å²) in [6, 6.07) is 1.88. The second-order valence-electron chi connectivity index (χ2n) is 3.11. The number of hydrogen-bond acceptors (Lipinski definition) is 3. The molecule has 0 heterocycles. The van der Waals surface area contributed by atoms with Gasteiger partial charge < -0.3 is 5.32 Å². The molecule has 0 saturated carbocycles. The quantitative estimate of drug-likeness (QED) is 0.823. The summed E-state index contributed by atoms with van der Waals surface area (Å²) in [5.41, 5.74) is -0.201. The van der Waals surface area contributed by atoms with E-state index in [0.29, 0.717) is 0 Å². The first kappa shape index (κ1) is 12.9. The molecular formula is C9H9ClFNO3S. The number of aryl methyl sites for hydroxylation is 1. The van der Waals surface area contributed by atoms with E-state index in [0.717, 1.165) is 12.1 Å². The van der Waals surface area contributed by atoms with Crippen LogP contribution in [0.15, 0.2) is 17.0 Å². The van der Waals surface area contributed by atoms with Crippen LogP contribution in [0.2, 0.25) is 0 Å². The summed E-state index contributed by atoms with van der Waals surface area (Å²) in [5, 5.41) is 2.20. The van der Waals surface area contributed by atoms with Crippen molar-refractivity contribution in [3.63, 3.8) is 0 Å². The Hall–Kier alpha value is -1.14. The Labute approximate surface area is 96.8 Å². The monoisotopic (exact) mass is 265 g/mol. The number of benzene rings is 1. The van der Waals surface area contributed by atoms with Crippen molar-refractivity contribution in [2.24, 2.45) is 0 Å². The molecule has 0 radical (unpaired) electrons. The van der Waals surface area contributed by atoms with Crippen molar-refractivity contribution in [3.05, 3.63) is 29.1 Å². The Morgan fingerprint density at radius 1 is 1.44 bits per heavy atom. The minimum Gasteiger partial charge on any atom is -0.355 e. The minimum atomic E-state index is -3.99. The van der Waals surface area contributed by atoms with E-state index in [9.17, 15) is 17.6 Å². The van der Waals surface area contributed by atoms with E-state index < -0.39 is 20.8 Å². The maximum absolute atomic E-state index is 13.4. The third-order valence-electron chi connectivity index (χ3n) is 2.00. The predicted octanol–water partition coefficient (Wildman–Crippen LogP) is 1.42. The number of carbonyl (C=O) groups is 1. The number of rotatable bonds is 2. The molecule has 0 saturated heterocycles. The van der Waals surface area contributed by atoms with Gasteiger partial charge in [0.1, 0.15) is 5.82 Å². The van der Waals surface area contributed by atoms with Crippen LogP contribution in [0.5, 0.6) is 0 Å². The highest BCUT2D eigenvalue weighted by Crippen LogP contribution is 2.23. The van der Waals surface area contributed by atoms with Crippen LogP contribution < -0.4 is 5.32 Å². The van der Waals surface area contributed by atoms with Gasteiger partial charge in [0.15, 0.2) is 0 Å². The molecule has 7 heteroatoms. The summed E-state index contributed by atoms with van der Waals surface area (Å²) in [6.07, 6.45) is 0. The Bertz CT molecular complexity index is 542. The molecule has 1 N–H and O–H groups in total. The van der Waals surface area contributed by atoms with Gasteiger partial charge >= 0.3 is 0 Å². The van der Waals surface area contributed by atoms with E-state index in [1.807, 2.05) is 0 Å². The zero-order valence-corrected chi connectivity index (χ0v) is 10.1. The molecule has 0 fully saturated rings. The molecule has 0 aromatic heterocycles. The van der Waals surface area contributed by atoms with Gasteiger partial charge in [-0.05, 0) is 24.6 Å². The van der Waals surface area contributed by atoms with Gasteiger partial charge in [0.05, 0.1) is 10.5 Å². The fraction of sp³-hybridized carbons (Fsp3) is 0.222. The SMILES string of the molecule is CNC(=O)c1cc(S(=O)(=O)Cl)c(C)cc1F. The molecule has 0 spiro atoms. The molecule has 88 valence electrons. The molecule has 1 aromatic carbocycles. The highest BCUT2D eigenvalue weighted by molar-refractivity contribution is 8.13. The third-order valence-corrected chi connectivity index (χ3v) is 3.46. The Morgan fingerprint density at radius 3 is 2.44 bits per heavy atom. The van der Waals surface area contributed by atoms with E-state index in [1.165, 1.54) is 14.0 Å². The fourth-order valence-electron chi connectivity index (χ4n) is 1.22. The first-order valence-corrected chi connectivity index (χ1v) is 6.55. The van der Waals surface area contributed by atoms with Crippen LogP contribution in [-0.2, 0) is 9.05 Å². The lowest BCUT2D eigenvalue weighted by atomic mass is 10.1. The standard InChI is InChI=1S/C9H9ClFNO3S/c1-5-3-7(11)6(9(13)12-2)4-8(5)16(10,14)15/h3-4H,1-2H3,(H,12,13). The zero-order chi connectivity index (χ0) is 12.5. The summed E-state index contributed by atoms with van der Waals surface area (Å²) in [6.45, 7) is 1.39. The highest BCUT2D eigenvalue weighted by atomic mass is 35.7. The van der Waals surface area contributed by atoms with E-state index in [4.69, 9.17) is 10.7 Å². The highest BCUT2D eigenvalue weighted by Gasteiger charge is 2.19. The predicted molar refractivity (Wildman–Crippen MR) is 57.6 cm³/mol. The molecule has 0 aliphatic rings. The number of halogens is 2. The third kappa shape index (κ3) is 2.51. The first-order valence-electron chi connectivity index (χ1n) is 4.24. The number of amides is 1. The second kappa shape index (κ2) is 4.39. The Balaban J connectivity index is 3.51. The van der Waals surface area contributed by atoms with Gasteiger partial charge in [-0.1, -0.05) is 0 Å². The number of hydrogen-bond donors (Lipinski definition) is 1. The molecule has 0 bridgehead atoms. The Kier molecular flexibility index (Phi) is 3.54. The molecule has 0 atom stereocenters. The summed E-state index contributed by atoms with van der Waals surface area (Å²) in [5.74, 6) is -1.50. The summed E-state index contributed by atoms with van der Waals surface area (Å²) in [4.78, 5) is 11.0. The van der Waals surface area contributed by atoms with Gasteiger partial charge in [0.2, 0.25) is 0 Å². The van der Waals surface area contributed by atoms with Crippen molar-refractivity contribution in [3.8, 4) is 0 Å². The van der Waals surface area contributed by atoms with Gasteiger partial charge in [-0.25, -0.2) is 12.8 Å². The fourth-order valence-corrected chi connectivity index (χ4v) is 2.43. The molecule has 4 nitrogen and oxygen atoms in total. The molecule has 0 aliphatic heterocycles. The van der Waals surface area contributed by atoms with Crippen LogP contribution in [0.25, 0.3) is 0 Å². The average Bonchev–Trinajstić information content (AvgIpc) is 2.14. The average molecular weight is 266 g/mol. The van der Waals surface area contributed by atoms with Crippen LogP contribution in [0.3, 0.4) is 0 Å². The van der Waals surface area contributed by atoms with Crippen LogP contribution >= 0.6 is 10.7 Å². The maximum Gasteiger partial charge on any atom is 0.261 e. The van der Waals surface area contributed by atoms with Gasteiger partial charge in [-0.2, -0.15) is 0 Å². The van der Waals surface area contributed by atoms with Crippen molar-refractivity contribution in [1.29, 1.82) is 0 Å². The zero-order valence-electron chi connectivity index (χ0n) is 8.54. The second-order valence-corrected chi connectivity index (χ2v) is 5.65. The lowest BCUT2D eigenvalue weighted by Gasteiger charge is -2.06. The topological polar surface area (TPSA) is 63.2 Å². The number of carbonyl (C=O) groups excluding carboxylic acids is 1. The van der Waals surface area contributed by atoms with Gasteiger partial charge in [0, 0.05) is 17.7 Å². The molecule has 1 rings (SSSR count). The maximum atomic E-state index is 13.4. The lowest BCUT2D eigenvalue weighted by molar-refractivity contribution is 0.0959. The van der Waals surface area contributed by atoms with Crippen LogP contribution in [0.1, 0.15) is 15.9 Å². The van der Waals surface area contributed by atoms with Crippen LogP contribution in [0, 0.1) is 12.7 Å². The number of nitrogens with one attached hydrogen (secondary N) is 1. The van der Waals surface area contributed by atoms with Crippen LogP contribution in [0.4, 0.5) is 4.39 Å². The smallest absolute Gasteiger partial charge is 0.261 e. The Morgan fingerprint density at radius 2 is 2.00 bits per heavy atom. The normalized spacial score (nSPS) is 11.2. The van der Waals surface area contributed by atoms with Crippen molar-refractivity contribution >= 4 is 25.6 Å². The van der Waals surface area contributed by atoms with E-state index in [-0.39, 0.29) is 16.0 Å². The lowest BCUT2D eigenvalue weighted by Crippen LogP contribution is -2.20. The molecule has 1 amide bonds. The van der Waals surface area contributed by atoms with Gasteiger partial charge in [0.25, 0.3) is 15.0 Å². The molecule has 1 aromatic rings. The molecule has 0 aliphatic carbocycles. The van der Waals surface area contributed by atoms with Crippen molar-refractivity contribution in [1.82, 2.24) is 5.32 Å². The van der Waals surface area contributed by atoms with Gasteiger partial charge in [-0.3, -0.25) is 4.79 Å². The minimum absolute atomic E-state index is 0.153. The molecule has 0 unspecified atom stereocenters. The molecular weight excluding hydrogens is 257 g/mol. The first-order chi connectivity index (χ1) is 7.27. The van der Waals surface area contributed by atoms with E-state index in [1.54, 1.807) is 0 Å². The van der Waals surface area contributed by atoms with Crippen LogP contribution in [-0.4, -0.2) is 21.4 Å². The largest absolute Gasteiger partial charge is 0.355 e. The summed E-state index contributed by atoms with van der Waals surface area (Å²) >= 11 is 0. The van der Waals surface area contributed by atoms with Crippen molar-refractivity contribution < 1.29 is 17.6 Å². The van der Waals surface area contributed by atoms with E-state index in [2.05, 4.69) is 5.32 Å². The summed E-state index contributed by atoms with van der Waals surface area (Å²) < 4.78 is 35.6. The summed E-state index contributed by atoms with van der Waals surface area (Å²) in [7, 11) is 2.48.